The minimum atomic E-state index is -1.31. The summed E-state index contributed by atoms with van der Waals surface area (Å²) in [6.45, 7) is 7.04. The van der Waals surface area contributed by atoms with Gasteiger partial charge in [0.15, 0.2) is 5.78 Å². The molecule has 0 aromatic heterocycles. The Balaban J connectivity index is 2.39. The molecule has 0 aliphatic heterocycles. The Bertz CT molecular complexity index is 519. The lowest BCUT2D eigenvalue weighted by atomic mass is 9.53. The van der Waals surface area contributed by atoms with Gasteiger partial charge in [0, 0.05) is 22.8 Å². The lowest BCUT2D eigenvalue weighted by Crippen LogP contribution is -2.60. The van der Waals surface area contributed by atoms with Crippen LogP contribution < -0.4 is 0 Å². The zero-order chi connectivity index (χ0) is 16.0. The van der Waals surface area contributed by atoms with E-state index in [0.29, 0.717) is 12.8 Å². The van der Waals surface area contributed by atoms with Crippen molar-refractivity contribution in [1.29, 1.82) is 0 Å². The van der Waals surface area contributed by atoms with Crippen LogP contribution in [0.3, 0.4) is 0 Å². The second-order valence-corrected chi connectivity index (χ2v) is 6.47. The second kappa shape index (κ2) is 5.07. The van der Waals surface area contributed by atoms with Crippen LogP contribution in [-0.2, 0) is 14.3 Å². The molecule has 2 rings (SSSR count). The molecule has 5 heteroatoms. The number of fused-ring (bicyclic) bond motifs is 1. The second-order valence-electron chi connectivity index (χ2n) is 6.47. The van der Waals surface area contributed by atoms with Crippen LogP contribution in [-0.4, -0.2) is 40.8 Å². The van der Waals surface area contributed by atoms with Gasteiger partial charge in [0.1, 0.15) is 0 Å². The van der Waals surface area contributed by atoms with Gasteiger partial charge < -0.3 is 14.9 Å². The van der Waals surface area contributed by atoms with Crippen molar-refractivity contribution in [2.75, 3.05) is 7.11 Å². The van der Waals surface area contributed by atoms with Crippen LogP contribution in [0.15, 0.2) is 24.3 Å². The number of rotatable bonds is 2. The maximum atomic E-state index is 12.2. The van der Waals surface area contributed by atoms with Crippen LogP contribution in [0.4, 0.5) is 0 Å². The first-order valence-electron chi connectivity index (χ1n) is 7.06. The molecule has 0 spiro atoms. The number of ketones is 1. The summed E-state index contributed by atoms with van der Waals surface area (Å²) in [7, 11) is 1.26. The molecule has 5 atom stereocenters. The molecule has 2 aliphatic carbocycles. The molecule has 0 amide bonds. The van der Waals surface area contributed by atoms with E-state index in [1.807, 2.05) is 0 Å². The van der Waals surface area contributed by atoms with E-state index >= 15 is 0 Å². The number of carbonyl (C=O) groups excluding carboxylic acids is 2. The molecule has 1 fully saturated rings. The van der Waals surface area contributed by atoms with Crippen LogP contribution in [0, 0.1) is 17.3 Å². The van der Waals surface area contributed by atoms with E-state index in [1.165, 1.54) is 19.3 Å². The van der Waals surface area contributed by atoms with Crippen LogP contribution in [0.25, 0.3) is 0 Å². The molecule has 0 saturated heterocycles. The van der Waals surface area contributed by atoms with Gasteiger partial charge in [-0.25, -0.2) is 4.79 Å². The first-order chi connectivity index (χ1) is 9.65. The predicted molar refractivity (Wildman–Crippen MR) is 76.3 cm³/mol. The molecule has 0 unspecified atom stereocenters. The number of methoxy groups -OCH3 is 1. The van der Waals surface area contributed by atoms with E-state index in [1.54, 1.807) is 13.8 Å². The molecule has 1 saturated carbocycles. The number of hydrogen-bond donors (Lipinski definition) is 2. The summed E-state index contributed by atoms with van der Waals surface area (Å²) in [6, 6.07) is 0. The lowest BCUT2D eigenvalue weighted by Gasteiger charge is -2.53. The smallest absolute Gasteiger partial charge is 0.333 e. The first-order valence-corrected chi connectivity index (χ1v) is 7.06. The number of allylic oxidation sites excluding steroid dienone is 1. The van der Waals surface area contributed by atoms with Crippen molar-refractivity contribution in [3.8, 4) is 0 Å². The van der Waals surface area contributed by atoms with E-state index in [0.717, 1.165) is 0 Å². The van der Waals surface area contributed by atoms with Crippen molar-refractivity contribution < 1.29 is 24.5 Å². The fourth-order valence-corrected chi connectivity index (χ4v) is 3.86. The molecule has 0 aromatic rings. The largest absolute Gasteiger partial charge is 0.466 e. The highest BCUT2D eigenvalue weighted by Crippen LogP contribution is 2.52. The molecular weight excluding hydrogens is 272 g/mol. The van der Waals surface area contributed by atoms with Crippen molar-refractivity contribution in [2.45, 2.75) is 38.4 Å². The van der Waals surface area contributed by atoms with Gasteiger partial charge in [-0.3, -0.25) is 4.79 Å². The number of hydrogen-bond acceptors (Lipinski definition) is 5. The third-order valence-corrected chi connectivity index (χ3v) is 5.07. The first kappa shape index (κ1) is 15.9. The molecule has 2 N–H and O–H groups in total. The summed E-state index contributed by atoms with van der Waals surface area (Å²) in [5.41, 5.74) is -1.95. The predicted octanol–water partition coefficient (Wildman–Crippen LogP) is 0.999. The average molecular weight is 294 g/mol. The molecule has 2 aliphatic rings. The Kier molecular flexibility index (Phi) is 3.84. The van der Waals surface area contributed by atoms with Crippen molar-refractivity contribution in [3.63, 3.8) is 0 Å². The van der Waals surface area contributed by atoms with Gasteiger partial charge >= 0.3 is 5.97 Å². The van der Waals surface area contributed by atoms with E-state index in [4.69, 9.17) is 0 Å². The maximum Gasteiger partial charge on any atom is 0.333 e. The number of aliphatic hydroxyl groups is 2. The summed E-state index contributed by atoms with van der Waals surface area (Å²) in [5.74, 6) is -1.86. The monoisotopic (exact) mass is 294 g/mol. The summed E-state index contributed by atoms with van der Waals surface area (Å²) in [5, 5.41) is 21.3. The average Bonchev–Trinajstić information content (AvgIpc) is 2.42. The quantitative estimate of drug-likeness (QED) is 0.586. The molecule has 21 heavy (non-hydrogen) atoms. The van der Waals surface area contributed by atoms with E-state index in [9.17, 15) is 19.8 Å². The molecule has 0 radical (unpaired) electrons. The normalized spacial score (nSPS) is 42.3. The SMILES string of the molecule is C=C(C(=O)OC)[C@@H]1CC[C@@]2(C)C(=O)C=C[C@@](C)(O)[C@@H]2[C@H]1O. The van der Waals surface area contributed by atoms with Crippen molar-refractivity contribution in [2.24, 2.45) is 17.3 Å². The standard InChI is InChI=1S/C16H22O5/c1-9(14(19)21-4)10-5-7-15(2)11(17)6-8-16(3,20)13(15)12(10)18/h6,8,10,12-13,18,20H,1,5,7H2,2-4H3/t10-,12-,13+,15-,16+/m0/s1. The van der Waals surface area contributed by atoms with Crippen molar-refractivity contribution >= 4 is 11.8 Å². The van der Waals surface area contributed by atoms with E-state index in [-0.39, 0.29) is 11.4 Å². The van der Waals surface area contributed by atoms with Gasteiger partial charge in [-0.1, -0.05) is 13.5 Å². The zero-order valence-corrected chi connectivity index (χ0v) is 12.6. The van der Waals surface area contributed by atoms with Gasteiger partial charge in [-0.15, -0.1) is 0 Å². The Morgan fingerprint density at radius 2 is 2.10 bits per heavy atom. The highest BCUT2D eigenvalue weighted by molar-refractivity contribution is 5.96. The molecule has 5 nitrogen and oxygen atoms in total. The van der Waals surface area contributed by atoms with Crippen LogP contribution in [0.5, 0.6) is 0 Å². The molecule has 0 heterocycles. The van der Waals surface area contributed by atoms with Gasteiger partial charge in [0.05, 0.1) is 18.8 Å². The number of carbonyl (C=O) groups is 2. The lowest BCUT2D eigenvalue weighted by molar-refractivity contribution is -0.160. The third kappa shape index (κ3) is 2.34. The topological polar surface area (TPSA) is 83.8 Å². The summed E-state index contributed by atoms with van der Waals surface area (Å²) in [6.07, 6.45) is 2.72. The summed E-state index contributed by atoms with van der Waals surface area (Å²) in [4.78, 5) is 23.9. The highest BCUT2D eigenvalue weighted by Gasteiger charge is 2.58. The van der Waals surface area contributed by atoms with Crippen LogP contribution >= 0.6 is 0 Å². The Hall–Kier alpha value is -1.46. The highest BCUT2D eigenvalue weighted by atomic mass is 16.5. The van der Waals surface area contributed by atoms with Gasteiger partial charge in [0.2, 0.25) is 0 Å². The van der Waals surface area contributed by atoms with Gasteiger partial charge in [0.25, 0.3) is 0 Å². The fourth-order valence-electron chi connectivity index (χ4n) is 3.86. The van der Waals surface area contributed by atoms with Gasteiger partial charge in [-0.05, 0) is 31.9 Å². The number of aliphatic hydroxyl groups excluding tert-OH is 1. The molecule has 0 aromatic carbocycles. The van der Waals surface area contributed by atoms with Crippen LogP contribution in [0.1, 0.15) is 26.7 Å². The molecular formula is C16H22O5. The zero-order valence-electron chi connectivity index (χ0n) is 12.6. The van der Waals surface area contributed by atoms with Crippen molar-refractivity contribution in [1.82, 2.24) is 0 Å². The van der Waals surface area contributed by atoms with Crippen molar-refractivity contribution in [3.05, 3.63) is 24.3 Å². The Morgan fingerprint density at radius 1 is 1.48 bits per heavy atom. The Morgan fingerprint density at radius 3 is 2.67 bits per heavy atom. The van der Waals surface area contributed by atoms with E-state index in [2.05, 4.69) is 11.3 Å². The molecule has 0 bridgehead atoms. The summed E-state index contributed by atoms with van der Waals surface area (Å²) >= 11 is 0. The van der Waals surface area contributed by atoms with E-state index < -0.39 is 34.9 Å². The third-order valence-electron chi connectivity index (χ3n) is 5.07. The molecule has 116 valence electrons. The number of esters is 1. The minimum absolute atomic E-state index is 0.0970. The summed E-state index contributed by atoms with van der Waals surface area (Å²) < 4.78 is 4.65. The maximum absolute atomic E-state index is 12.2. The minimum Gasteiger partial charge on any atom is -0.466 e. The van der Waals surface area contributed by atoms with Crippen LogP contribution in [0.2, 0.25) is 0 Å². The Labute approximate surface area is 124 Å². The van der Waals surface area contributed by atoms with Gasteiger partial charge in [-0.2, -0.15) is 0 Å². The fraction of sp³-hybridized carbons (Fsp3) is 0.625. The number of ether oxygens (including phenoxy) is 1.